The van der Waals surface area contributed by atoms with Gasteiger partial charge in [0.15, 0.2) is 0 Å². The molecule has 0 spiro atoms. The van der Waals surface area contributed by atoms with Gasteiger partial charge >= 0.3 is 0 Å². The molecule has 1 aliphatic heterocycles. The molecular weight excluding hydrogens is 282 g/mol. The zero-order chi connectivity index (χ0) is 14.9. The maximum atomic E-state index is 12.2. The van der Waals surface area contributed by atoms with Gasteiger partial charge in [0, 0.05) is 29.2 Å². The van der Waals surface area contributed by atoms with E-state index in [0.29, 0.717) is 25.3 Å². The summed E-state index contributed by atoms with van der Waals surface area (Å²) in [6.07, 6.45) is 3.47. The van der Waals surface area contributed by atoms with E-state index in [-0.39, 0.29) is 12.0 Å². The summed E-state index contributed by atoms with van der Waals surface area (Å²) in [5.74, 6) is -0.101. The summed E-state index contributed by atoms with van der Waals surface area (Å²) in [5.41, 5.74) is 2.62. The van der Waals surface area contributed by atoms with Gasteiger partial charge in [-0.25, -0.2) is 4.68 Å². The molecule has 1 atom stereocenters. The second-order valence-electron chi connectivity index (χ2n) is 5.33. The van der Waals surface area contributed by atoms with E-state index in [4.69, 9.17) is 4.74 Å². The van der Waals surface area contributed by atoms with Crippen LogP contribution >= 0.6 is 0 Å². The lowest BCUT2D eigenvalue weighted by Gasteiger charge is -2.23. The lowest BCUT2D eigenvalue weighted by molar-refractivity contribution is 0.00150. The average molecular weight is 297 g/mol. The van der Waals surface area contributed by atoms with Crippen LogP contribution in [0.15, 0.2) is 36.7 Å². The molecule has 2 aromatic heterocycles. The largest absolute Gasteiger partial charge is 0.368 e. The summed E-state index contributed by atoms with van der Waals surface area (Å²) in [5, 5.41) is 11.8. The van der Waals surface area contributed by atoms with Gasteiger partial charge in [0.1, 0.15) is 0 Å². The Hall–Kier alpha value is -2.67. The number of amides is 1. The predicted octanol–water partition coefficient (Wildman–Crippen LogP) is 1.09. The number of nitrogens with one attached hydrogen (secondary N) is 2. The number of hydrogen-bond acceptors (Lipinski definition) is 4. The molecule has 7 heteroatoms. The number of nitrogens with zero attached hydrogens (tertiary/aromatic N) is 3. The van der Waals surface area contributed by atoms with Crippen LogP contribution in [0.1, 0.15) is 16.1 Å². The van der Waals surface area contributed by atoms with Crippen LogP contribution in [0.5, 0.6) is 0 Å². The molecular formula is C15H15N5O2. The highest BCUT2D eigenvalue weighted by atomic mass is 16.5. The molecule has 1 aliphatic rings. The molecule has 3 heterocycles. The number of fused-ring (bicyclic) bond motifs is 2. The Morgan fingerprint density at radius 2 is 2.41 bits per heavy atom. The van der Waals surface area contributed by atoms with Crippen LogP contribution in [0.25, 0.3) is 10.9 Å². The number of H-pyrrole nitrogens is 1. The summed E-state index contributed by atoms with van der Waals surface area (Å²) >= 11 is 0. The number of carbonyl (C=O) groups excluding carboxylic acids is 1. The van der Waals surface area contributed by atoms with E-state index >= 15 is 0 Å². The molecule has 1 aromatic carbocycles. The standard InChI is InChI=1S/C15H15N5O2/c21-15(11-1-2-14-10(5-11)3-4-16-14)17-7-13-8-20-12(9-22-13)6-18-19-20/h1-6,13,16H,7-9H2,(H,17,21). The van der Waals surface area contributed by atoms with Crippen molar-refractivity contribution in [3.05, 3.63) is 47.9 Å². The summed E-state index contributed by atoms with van der Waals surface area (Å²) < 4.78 is 7.50. The third kappa shape index (κ3) is 2.35. The number of benzene rings is 1. The van der Waals surface area contributed by atoms with Crippen LogP contribution in [-0.2, 0) is 17.9 Å². The molecule has 1 amide bonds. The summed E-state index contributed by atoms with van der Waals surface area (Å²) in [6, 6.07) is 7.54. The van der Waals surface area contributed by atoms with E-state index in [0.717, 1.165) is 16.6 Å². The van der Waals surface area contributed by atoms with Crippen molar-refractivity contribution in [1.29, 1.82) is 0 Å². The number of ether oxygens (including phenoxy) is 1. The molecule has 0 aliphatic carbocycles. The number of hydrogen-bond donors (Lipinski definition) is 2. The van der Waals surface area contributed by atoms with Gasteiger partial charge in [-0.1, -0.05) is 5.21 Å². The van der Waals surface area contributed by atoms with Crippen LogP contribution in [0.3, 0.4) is 0 Å². The Labute approximate surface area is 126 Å². The Morgan fingerprint density at radius 1 is 1.45 bits per heavy atom. The lowest BCUT2D eigenvalue weighted by Crippen LogP contribution is -2.39. The predicted molar refractivity (Wildman–Crippen MR) is 79.2 cm³/mol. The van der Waals surface area contributed by atoms with Crippen LogP contribution in [-0.4, -0.2) is 38.5 Å². The molecule has 0 radical (unpaired) electrons. The molecule has 0 saturated carbocycles. The SMILES string of the molecule is O=C(NCC1Cn2nncc2CO1)c1ccc2[nH]ccc2c1. The Morgan fingerprint density at radius 3 is 3.36 bits per heavy atom. The Kier molecular flexibility index (Phi) is 3.12. The maximum absolute atomic E-state index is 12.2. The molecule has 112 valence electrons. The minimum Gasteiger partial charge on any atom is -0.368 e. The highest BCUT2D eigenvalue weighted by Gasteiger charge is 2.20. The smallest absolute Gasteiger partial charge is 0.251 e. The normalized spacial score (nSPS) is 17.4. The van der Waals surface area contributed by atoms with E-state index in [1.54, 1.807) is 6.20 Å². The van der Waals surface area contributed by atoms with Crippen molar-refractivity contribution in [2.24, 2.45) is 0 Å². The first-order chi connectivity index (χ1) is 10.8. The van der Waals surface area contributed by atoms with Crippen molar-refractivity contribution >= 4 is 16.8 Å². The van der Waals surface area contributed by atoms with Gasteiger partial charge in [0.25, 0.3) is 5.91 Å². The highest BCUT2D eigenvalue weighted by Crippen LogP contribution is 2.15. The van der Waals surface area contributed by atoms with Crippen molar-refractivity contribution in [3.8, 4) is 0 Å². The van der Waals surface area contributed by atoms with Gasteiger partial charge in [-0.15, -0.1) is 5.10 Å². The zero-order valence-electron chi connectivity index (χ0n) is 11.8. The number of rotatable bonds is 3. The van der Waals surface area contributed by atoms with E-state index in [2.05, 4.69) is 20.6 Å². The fourth-order valence-corrected chi connectivity index (χ4v) is 2.62. The zero-order valence-corrected chi connectivity index (χ0v) is 11.8. The third-order valence-electron chi connectivity index (χ3n) is 3.85. The van der Waals surface area contributed by atoms with Gasteiger partial charge in [-0.2, -0.15) is 0 Å². The summed E-state index contributed by atoms with van der Waals surface area (Å²) in [4.78, 5) is 15.3. The van der Waals surface area contributed by atoms with Gasteiger partial charge < -0.3 is 15.0 Å². The van der Waals surface area contributed by atoms with Crippen molar-refractivity contribution in [1.82, 2.24) is 25.3 Å². The van der Waals surface area contributed by atoms with Gasteiger partial charge in [-0.05, 0) is 24.3 Å². The minimum atomic E-state index is -0.101. The van der Waals surface area contributed by atoms with E-state index in [1.807, 2.05) is 35.1 Å². The first kappa shape index (κ1) is 13.0. The second-order valence-corrected chi connectivity index (χ2v) is 5.33. The maximum Gasteiger partial charge on any atom is 0.251 e. The van der Waals surface area contributed by atoms with E-state index in [9.17, 15) is 4.79 Å². The van der Waals surface area contributed by atoms with Crippen molar-refractivity contribution in [2.75, 3.05) is 6.54 Å². The highest BCUT2D eigenvalue weighted by molar-refractivity contribution is 5.98. The molecule has 7 nitrogen and oxygen atoms in total. The van der Waals surface area contributed by atoms with Crippen LogP contribution in [0.4, 0.5) is 0 Å². The van der Waals surface area contributed by atoms with Crippen molar-refractivity contribution in [2.45, 2.75) is 19.3 Å². The average Bonchev–Trinajstić information content (AvgIpc) is 3.19. The van der Waals surface area contributed by atoms with Gasteiger partial charge in [-0.3, -0.25) is 4.79 Å². The lowest BCUT2D eigenvalue weighted by atomic mass is 10.1. The number of carbonyl (C=O) groups is 1. The van der Waals surface area contributed by atoms with Gasteiger partial charge in [0.2, 0.25) is 0 Å². The number of aromatic amines is 1. The molecule has 0 saturated heterocycles. The van der Waals surface area contributed by atoms with Crippen LogP contribution < -0.4 is 5.32 Å². The first-order valence-electron chi connectivity index (χ1n) is 7.14. The first-order valence-corrected chi connectivity index (χ1v) is 7.14. The fraction of sp³-hybridized carbons (Fsp3) is 0.267. The molecule has 3 aromatic rings. The van der Waals surface area contributed by atoms with Crippen LogP contribution in [0.2, 0.25) is 0 Å². The monoisotopic (exact) mass is 297 g/mol. The summed E-state index contributed by atoms with van der Waals surface area (Å²) in [7, 11) is 0. The minimum absolute atomic E-state index is 0.0888. The van der Waals surface area contributed by atoms with E-state index in [1.165, 1.54) is 0 Å². The molecule has 22 heavy (non-hydrogen) atoms. The molecule has 1 unspecified atom stereocenters. The fourth-order valence-electron chi connectivity index (χ4n) is 2.62. The number of aromatic nitrogens is 4. The molecule has 2 N–H and O–H groups in total. The Balaban J connectivity index is 1.40. The van der Waals surface area contributed by atoms with Crippen LogP contribution in [0, 0.1) is 0 Å². The quantitative estimate of drug-likeness (QED) is 0.758. The van der Waals surface area contributed by atoms with Crippen molar-refractivity contribution in [3.63, 3.8) is 0 Å². The molecule has 4 rings (SSSR count). The van der Waals surface area contributed by atoms with Crippen molar-refractivity contribution < 1.29 is 9.53 Å². The summed E-state index contributed by atoms with van der Waals surface area (Å²) in [6.45, 7) is 1.53. The second kappa shape index (κ2) is 5.27. The Bertz CT molecular complexity index is 822. The van der Waals surface area contributed by atoms with Gasteiger partial charge in [0.05, 0.1) is 31.1 Å². The molecule has 0 bridgehead atoms. The van der Waals surface area contributed by atoms with E-state index < -0.39 is 0 Å². The topological polar surface area (TPSA) is 84.8 Å². The molecule has 0 fully saturated rings. The third-order valence-corrected chi connectivity index (χ3v) is 3.85.